The van der Waals surface area contributed by atoms with Gasteiger partial charge in [0, 0.05) is 55.9 Å². The molecule has 3 heterocycles. The first-order valence-electron chi connectivity index (χ1n) is 11.9. The summed E-state index contributed by atoms with van der Waals surface area (Å²) in [7, 11) is 1.90. The van der Waals surface area contributed by atoms with E-state index >= 15 is 0 Å². The number of aryl methyl sites for hydroxylation is 1. The number of likely N-dealkylation sites (tertiary alicyclic amines) is 2. The predicted octanol–water partition coefficient (Wildman–Crippen LogP) is 3.76. The smallest absolute Gasteiger partial charge is 0.222 e. The molecule has 0 saturated carbocycles. The van der Waals surface area contributed by atoms with E-state index in [1.165, 1.54) is 42.9 Å². The van der Waals surface area contributed by atoms with Crippen molar-refractivity contribution >= 4 is 22.5 Å². The zero-order chi connectivity index (χ0) is 21.2. The lowest BCUT2D eigenvalue weighted by molar-refractivity contribution is -0.132. The van der Waals surface area contributed by atoms with Crippen LogP contribution in [0.5, 0.6) is 0 Å². The molecular formula is C25H34N4O2. The number of carbonyl (C=O) groups excluding carboxylic acids is 1. The number of likely N-dealkylation sites (N-methyl/N-ethyl adjacent to an activating group) is 1. The number of amides is 1. The summed E-state index contributed by atoms with van der Waals surface area (Å²) in [5, 5.41) is 4.98. The van der Waals surface area contributed by atoms with Crippen LogP contribution >= 0.6 is 0 Å². The monoisotopic (exact) mass is 422 g/mol. The summed E-state index contributed by atoms with van der Waals surface area (Å²) in [6.07, 6.45) is 7.32. The number of fused-ring (bicyclic) bond motifs is 2. The standard InChI is InChI=1S/C25H34N4O2/c1-28-17-18(9-12-23(28)30)26-25-19-7-2-3-8-20(19)27-21-10-11-22(24(21)25)31-16-6-15-29-13-4-5-14-29/h2-3,7-8,18,22H,4-6,9-17H2,1H3,(H,26,27). The highest BCUT2D eigenvalue weighted by Crippen LogP contribution is 2.42. The van der Waals surface area contributed by atoms with Gasteiger partial charge in [-0.15, -0.1) is 0 Å². The molecule has 0 bridgehead atoms. The fraction of sp³-hybridized carbons (Fsp3) is 0.600. The molecule has 2 unspecified atom stereocenters. The van der Waals surface area contributed by atoms with E-state index in [0.29, 0.717) is 6.42 Å². The van der Waals surface area contributed by atoms with Crippen LogP contribution in [0.15, 0.2) is 24.3 Å². The Morgan fingerprint density at radius 2 is 2.00 bits per heavy atom. The number of hydrogen-bond donors (Lipinski definition) is 1. The number of piperidine rings is 1. The van der Waals surface area contributed by atoms with Gasteiger partial charge in [-0.05, 0) is 57.7 Å². The third-order valence-corrected chi connectivity index (χ3v) is 7.09. The van der Waals surface area contributed by atoms with Gasteiger partial charge in [0.1, 0.15) is 0 Å². The Morgan fingerprint density at radius 3 is 2.84 bits per heavy atom. The summed E-state index contributed by atoms with van der Waals surface area (Å²) in [5.74, 6) is 0.238. The van der Waals surface area contributed by atoms with Gasteiger partial charge in [0.05, 0.1) is 17.3 Å². The normalized spacial score (nSPS) is 24.2. The minimum absolute atomic E-state index is 0.108. The fourth-order valence-electron chi connectivity index (χ4n) is 5.40. The van der Waals surface area contributed by atoms with E-state index < -0.39 is 0 Å². The van der Waals surface area contributed by atoms with Gasteiger partial charge in [0.25, 0.3) is 0 Å². The van der Waals surface area contributed by atoms with Crippen LogP contribution in [0.1, 0.15) is 55.9 Å². The molecular weight excluding hydrogens is 388 g/mol. The number of benzene rings is 1. The Kier molecular flexibility index (Phi) is 6.10. The molecule has 1 aromatic heterocycles. The van der Waals surface area contributed by atoms with Crippen molar-refractivity contribution in [2.75, 3.05) is 45.2 Å². The zero-order valence-electron chi connectivity index (χ0n) is 18.6. The van der Waals surface area contributed by atoms with Crippen molar-refractivity contribution in [3.8, 4) is 0 Å². The molecule has 2 saturated heterocycles. The van der Waals surface area contributed by atoms with Crippen LogP contribution in [0.3, 0.4) is 0 Å². The molecule has 2 aliphatic heterocycles. The molecule has 2 fully saturated rings. The number of ether oxygens (including phenoxy) is 1. The number of hydrogen-bond acceptors (Lipinski definition) is 5. The van der Waals surface area contributed by atoms with Gasteiger partial charge in [0.15, 0.2) is 0 Å². The molecule has 166 valence electrons. The molecule has 1 amide bonds. The van der Waals surface area contributed by atoms with E-state index in [2.05, 4.69) is 34.5 Å². The fourth-order valence-corrected chi connectivity index (χ4v) is 5.40. The Labute approximate surface area is 184 Å². The minimum Gasteiger partial charge on any atom is -0.380 e. The van der Waals surface area contributed by atoms with Crippen molar-refractivity contribution in [3.63, 3.8) is 0 Å². The molecule has 31 heavy (non-hydrogen) atoms. The maximum absolute atomic E-state index is 12.0. The summed E-state index contributed by atoms with van der Waals surface area (Å²) < 4.78 is 6.43. The summed E-state index contributed by atoms with van der Waals surface area (Å²) in [4.78, 5) is 21.3. The quantitative estimate of drug-likeness (QED) is 0.689. The third kappa shape index (κ3) is 4.41. The molecule has 5 rings (SSSR count). The number of nitrogens with one attached hydrogen (secondary N) is 1. The van der Waals surface area contributed by atoms with Crippen LogP contribution in [-0.4, -0.2) is 66.6 Å². The van der Waals surface area contributed by atoms with E-state index in [0.717, 1.165) is 56.3 Å². The number of carbonyl (C=O) groups is 1. The highest BCUT2D eigenvalue weighted by Gasteiger charge is 2.31. The van der Waals surface area contributed by atoms with E-state index in [-0.39, 0.29) is 18.1 Å². The number of pyridine rings is 1. The SMILES string of the molecule is CN1CC(Nc2c3c(nc4ccccc24)CCC3OCCCN2CCCC2)CCC1=O. The molecule has 3 aliphatic rings. The summed E-state index contributed by atoms with van der Waals surface area (Å²) in [6.45, 7) is 5.17. The molecule has 2 aromatic rings. The van der Waals surface area contributed by atoms with Gasteiger partial charge in [0.2, 0.25) is 5.91 Å². The van der Waals surface area contributed by atoms with Crippen molar-refractivity contribution in [3.05, 3.63) is 35.5 Å². The number of nitrogens with zero attached hydrogens (tertiary/aromatic N) is 3. The molecule has 0 radical (unpaired) electrons. The van der Waals surface area contributed by atoms with Crippen molar-refractivity contribution in [1.29, 1.82) is 0 Å². The maximum Gasteiger partial charge on any atom is 0.222 e. The van der Waals surface area contributed by atoms with E-state index in [9.17, 15) is 4.79 Å². The summed E-state index contributed by atoms with van der Waals surface area (Å²) >= 11 is 0. The van der Waals surface area contributed by atoms with Gasteiger partial charge >= 0.3 is 0 Å². The first-order chi connectivity index (χ1) is 15.2. The van der Waals surface area contributed by atoms with E-state index in [4.69, 9.17) is 9.72 Å². The third-order valence-electron chi connectivity index (χ3n) is 7.09. The Hall–Kier alpha value is -2.18. The van der Waals surface area contributed by atoms with Crippen LogP contribution in [0.4, 0.5) is 5.69 Å². The lowest BCUT2D eigenvalue weighted by Gasteiger charge is -2.32. The summed E-state index contributed by atoms with van der Waals surface area (Å²) in [6, 6.07) is 8.65. The average Bonchev–Trinajstić information content (AvgIpc) is 3.44. The summed E-state index contributed by atoms with van der Waals surface area (Å²) in [5.41, 5.74) is 4.64. The Morgan fingerprint density at radius 1 is 1.16 bits per heavy atom. The van der Waals surface area contributed by atoms with Gasteiger partial charge < -0.3 is 19.9 Å². The van der Waals surface area contributed by atoms with Crippen molar-refractivity contribution in [1.82, 2.24) is 14.8 Å². The minimum atomic E-state index is 0.108. The Balaban J connectivity index is 1.35. The molecule has 6 heteroatoms. The number of anilines is 1. The number of rotatable bonds is 7. The van der Waals surface area contributed by atoms with Crippen LogP contribution in [-0.2, 0) is 16.0 Å². The van der Waals surface area contributed by atoms with Gasteiger partial charge in [-0.1, -0.05) is 18.2 Å². The van der Waals surface area contributed by atoms with E-state index in [1.807, 2.05) is 11.9 Å². The zero-order valence-corrected chi connectivity index (χ0v) is 18.6. The van der Waals surface area contributed by atoms with Crippen LogP contribution in [0.25, 0.3) is 10.9 Å². The highest BCUT2D eigenvalue weighted by molar-refractivity contribution is 5.94. The topological polar surface area (TPSA) is 57.7 Å². The molecule has 6 nitrogen and oxygen atoms in total. The van der Waals surface area contributed by atoms with Crippen LogP contribution < -0.4 is 5.32 Å². The number of para-hydroxylation sites is 1. The highest BCUT2D eigenvalue weighted by atomic mass is 16.5. The van der Waals surface area contributed by atoms with Crippen molar-refractivity contribution in [2.24, 2.45) is 0 Å². The average molecular weight is 423 g/mol. The second-order valence-corrected chi connectivity index (χ2v) is 9.32. The van der Waals surface area contributed by atoms with Crippen LogP contribution in [0, 0.1) is 0 Å². The number of aromatic nitrogens is 1. The van der Waals surface area contributed by atoms with Crippen molar-refractivity contribution < 1.29 is 9.53 Å². The van der Waals surface area contributed by atoms with E-state index in [1.54, 1.807) is 0 Å². The first kappa shape index (κ1) is 20.7. The second kappa shape index (κ2) is 9.13. The molecule has 2 atom stereocenters. The lowest BCUT2D eigenvalue weighted by Crippen LogP contribution is -2.43. The molecule has 1 aromatic carbocycles. The second-order valence-electron chi connectivity index (χ2n) is 9.32. The predicted molar refractivity (Wildman–Crippen MR) is 123 cm³/mol. The maximum atomic E-state index is 12.0. The van der Waals surface area contributed by atoms with Gasteiger partial charge in [-0.25, -0.2) is 0 Å². The molecule has 1 N–H and O–H groups in total. The van der Waals surface area contributed by atoms with Gasteiger partial charge in [-0.3, -0.25) is 9.78 Å². The van der Waals surface area contributed by atoms with Gasteiger partial charge in [-0.2, -0.15) is 0 Å². The lowest BCUT2D eigenvalue weighted by atomic mass is 10.0. The first-order valence-corrected chi connectivity index (χ1v) is 11.9. The van der Waals surface area contributed by atoms with Crippen LogP contribution in [0.2, 0.25) is 0 Å². The Bertz CT molecular complexity index is 941. The molecule has 1 aliphatic carbocycles. The van der Waals surface area contributed by atoms with Crippen molar-refractivity contribution in [2.45, 2.75) is 57.1 Å². The largest absolute Gasteiger partial charge is 0.380 e. The molecule has 0 spiro atoms.